The van der Waals surface area contributed by atoms with Gasteiger partial charge in [-0.15, -0.1) is 0 Å². The normalized spacial score (nSPS) is 11.8. The number of methoxy groups -OCH3 is 2. The van der Waals surface area contributed by atoms with Crippen LogP contribution in [0.25, 0.3) is 0 Å². The van der Waals surface area contributed by atoms with Crippen molar-refractivity contribution in [2.45, 2.75) is 25.8 Å². The van der Waals surface area contributed by atoms with E-state index >= 15 is 0 Å². The molecule has 0 aliphatic carbocycles. The van der Waals surface area contributed by atoms with Crippen LogP contribution in [0.4, 0.5) is 5.69 Å². The van der Waals surface area contributed by atoms with E-state index in [2.05, 4.69) is 5.32 Å². The number of ether oxygens (including phenoxy) is 2. The lowest BCUT2D eigenvalue weighted by atomic mass is 10.1. The molecule has 0 fully saturated rings. The highest BCUT2D eigenvalue weighted by Gasteiger charge is 2.16. The standard InChI is InChI=1S/C13H19ClN2O3/c1-4-5-9(15)13(17)16-10-6-8(14)11(18-2)7-12(10)19-3/h6-7,9H,4-5,15H2,1-3H3,(H,16,17)/t9-/m0/s1. The van der Waals surface area contributed by atoms with Crippen LogP contribution < -0.4 is 20.5 Å². The Morgan fingerprint density at radius 2 is 2.00 bits per heavy atom. The fourth-order valence-electron chi connectivity index (χ4n) is 1.63. The van der Waals surface area contributed by atoms with Crippen LogP contribution in [-0.4, -0.2) is 26.2 Å². The van der Waals surface area contributed by atoms with Gasteiger partial charge in [0, 0.05) is 6.07 Å². The minimum atomic E-state index is -0.546. The first-order chi connectivity index (χ1) is 9.03. The summed E-state index contributed by atoms with van der Waals surface area (Å²) in [6, 6.07) is 2.65. The van der Waals surface area contributed by atoms with Crippen LogP contribution in [0.15, 0.2) is 12.1 Å². The summed E-state index contributed by atoms with van der Waals surface area (Å²) in [5, 5.41) is 3.10. The molecule has 0 aromatic heterocycles. The Bertz CT molecular complexity index is 452. The average Bonchev–Trinajstić information content (AvgIpc) is 2.39. The summed E-state index contributed by atoms with van der Waals surface area (Å²) in [6.45, 7) is 1.97. The molecule has 0 spiro atoms. The smallest absolute Gasteiger partial charge is 0.241 e. The third-order valence-electron chi connectivity index (χ3n) is 2.67. The van der Waals surface area contributed by atoms with Crippen molar-refractivity contribution in [3.05, 3.63) is 17.2 Å². The number of anilines is 1. The van der Waals surface area contributed by atoms with Gasteiger partial charge >= 0.3 is 0 Å². The maximum absolute atomic E-state index is 11.9. The third-order valence-corrected chi connectivity index (χ3v) is 2.96. The summed E-state index contributed by atoms with van der Waals surface area (Å²) in [5.41, 5.74) is 6.23. The Morgan fingerprint density at radius 1 is 1.37 bits per heavy atom. The van der Waals surface area contributed by atoms with Crippen molar-refractivity contribution in [1.29, 1.82) is 0 Å². The summed E-state index contributed by atoms with van der Waals surface area (Å²) in [7, 11) is 3.01. The van der Waals surface area contributed by atoms with Crippen molar-refractivity contribution in [3.8, 4) is 11.5 Å². The van der Waals surface area contributed by atoms with Crippen molar-refractivity contribution >= 4 is 23.2 Å². The number of carbonyl (C=O) groups excluding carboxylic acids is 1. The molecule has 0 radical (unpaired) electrons. The second-order valence-electron chi connectivity index (χ2n) is 4.07. The van der Waals surface area contributed by atoms with Gasteiger partial charge in [-0.25, -0.2) is 0 Å². The van der Waals surface area contributed by atoms with Crippen LogP contribution in [0, 0.1) is 0 Å². The van der Waals surface area contributed by atoms with E-state index in [9.17, 15) is 4.79 Å². The van der Waals surface area contributed by atoms with Gasteiger partial charge in [0.15, 0.2) is 0 Å². The van der Waals surface area contributed by atoms with E-state index in [0.29, 0.717) is 28.6 Å². The fraction of sp³-hybridized carbons (Fsp3) is 0.462. The topological polar surface area (TPSA) is 73.6 Å². The Balaban J connectivity index is 2.94. The summed E-state index contributed by atoms with van der Waals surface area (Å²) in [4.78, 5) is 11.9. The van der Waals surface area contributed by atoms with Crippen molar-refractivity contribution in [2.75, 3.05) is 19.5 Å². The molecule has 0 bridgehead atoms. The first-order valence-corrected chi connectivity index (χ1v) is 6.39. The second-order valence-corrected chi connectivity index (χ2v) is 4.48. The fourth-order valence-corrected chi connectivity index (χ4v) is 1.87. The van der Waals surface area contributed by atoms with Gasteiger partial charge in [0.1, 0.15) is 11.5 Å². The second kappa shape index (κ2) is 7.21. The zero-order valence-corrected chi connectivity index (χ0v) is 12.1. The Kier molecular flexibility index (Phi) is 5.92. The molecular weight excluding hydrogens is 268 g/mol. The summed E-state index contributed by atoms with van der Waals surface area (Å²) in [6.07, 6.45) is 1.47. The van der Waals surface area contributed by atoms with Gasteiger partial charge in [0.2, 0.25) is 5.91 Å². The van der Waals surface area contributed by atoms with Gasteiger partial charge < -0.3 is 20.5 Å². The highest BCUT2D eigenvalue weighted by Crippen LogP contribution is 2.35. The lowest BCUT2D eigenvalue weighted by molar-refractivity contribution is -0.117. The summed E-state index contributed by atoms with van der Waals surface area (Å²) >= 11 is 6.02. The number of benzene rings is 1. The van der Waals surface area contributed by atoms with E-state index in [0.717, 1.165) is 6.42 Å². The molecule has 0 unspecified atom stereocenters. The molecule has 1 rings (SSSR count). The number of hydrogen-bond donors (Lipinski definition) is 2. The minimum Gasteiger partial charge on any atom is -0.495 e. The SMILES string of the molecule is CCC[C@H](N)C(=O)Nc1cc(Cl)c(OC)cc1OC. The van der Waals surface area contributed by atoms with Crippen LogP contribution >= 0.6 is 11.6 Å². The molecule has 3 N–H and O–H groups in total. The van der Waals surface area contributed by atoms with Gasteiger partial charge in [-0.05, 0) is 12.5 Å². The molecule has 0 aliphatic rings. The predicted octanol–water partition coefficient (Wildman–Crippen LogP) is 2.42. The van der Waals surface area contributed by atoms with Gasteiger partial charge in [0.25, 0.3) is 0 Å². The van der Waals surface area contributed by atoms with Gasteiger partial charge in [-0.2, -0.15) is 0 Å². The van der Waals surface area contributed by atoms with Crippen LogP contribution in [-0.2, 0) is 4.79 Å². The lowest BCUT2D eigenvalue weighted by Crippen LogP contribution is -2.35. The molecule has 1 atom stereocenters. The number of hydrogen-bond acceptors (Lipinski definition) is 4. The number of nitrogens with one attached hydrogen (secondary N) is 1. The highest BCUT2D eigenvalue weighted by molar-refractivity contribution is 6.32. The Hall–Kier alpha value is -1.46. The third kappa shape index (κ3) is 4.01. The van der Waals surface area contributed by atoms with E-state index in [1.165, 1.54) is 14.2 Å². The zero-order chi connectivity index (χ0) is 14.4. The van der Waals surface area contributed by atoms with E-state index in [-0.39, 0.29) is 5.91 Å². The zero-order valence-electron chi connectivity index (χ0n) is 11.3. The van der Waals surface area contributed by atoms with Crippen molar-refractivity contribution in [2.24, 2.45) is 5.73 Å². The van der Waals surface area contributed by atoms with Crippen molar-refractivity contribution < 1.29 is 14.3 Å². The molecule has 106 valence electrons. The Labute approximate surface area is 118 Å². The summed E-state index contributed by atoms with van der Waals surface area (Å²) < 4.78 is 10.3. The van der Waals surface area contributed by atoms with Crippen molar-refractivity contribution in [1.82, 2.24) is 0 Å². The molecule has 1 aromatic carbocycles. The van der Waals surface area contributed by atoms with Crippen LogP contribution in [0.3, 0.4) is 0 Å². The number of rotatable bonds is 6. The van der Waals surface area contributed by atoms with E-state index in [1.807, 2.05) is 6.92 Å². The van der Waals surface area contributed by atoms with Crippen LogP contribution in [0.2, 0.25) is 5.02 Å². The maximum atomic E-state index is 11.9. The average molecular weight is 287 g/mol. The Morgan fingerprint density at radius 3 is 2.53 bits per heavy atom. The number of amides is 1. The molecule has 0 heterocycles. The number of halogens is 1. The molecule has 0 saturated heterocycles. The van der Waals surface area contributed by atoms with Gasteiger partial charge in [0.05, 0.1) is 31.0 Å². The molecule has 0 saturated carbocycles. The molecule has 5 nitrogen and oxygen atoms in total. The van der Waals surface area contributed by atoms with E-state index in [1.54, 1.807) is 12.1 Å². The first kappa shape index (κ1) is 15.6. The van der Waals surface area contributed by atoms with Crippen LogP contribution in [0.5, 0.6) is 11.5 Å². The lowest BCUT2D eigenvalue weighted by Gasteiger charge is -2.15. The molecule has 0 aliphatic heterocycles. The highest BCUT2D eigenvalue weighted by atomic mass is 35.5. The van der Waals surface area contributed by atoms with Gasteiger partial charge in [-0.1, -0.05) is 24.9 Å². The molecular formula is C13H19ClN2O3. The minimum absolute atomic E-state index is 0.263. The molecule has 6 heteroatoms. The van der Waals surface area contributed by atoms with Crippen molar-refractivity contribution in [3.63, 3.8) is 0 Å². The number of carbonyl (C=O) groups is 1. The van der Waals surface area contributed by atoms with E-state index < -0.39 is 6.04 Å². The van der Waals surface area contributed by atoms with Gasteiger partial charge in [-0.3, -0.25) is 4.79 Å². The quantitative estimate of drug-likeness (QED) is 0.842. The van der Waals surface area contributed by atoms with E-state index in [4.69, 9.17) is 26.8 Å². The van der Waals surface area contributed by atoms with Crippen LogP contribution in [0.1, 0.15) is 19.8 Å². The molecule has 1 aromatic rings. The number of nitrogens with two attached hydrogens (primary N) is 1. The molecule has 1 amide bonds. The largest absolute Gasteiger partial charge is 0.495 e. The molecule has 19 heavy (non-hydrogen) atoms. The predicted molar refractivity (Wildman–Crippen MR) is 76.1 cm³/mol. The summed E-state index contributed by atoms with van der Waals surface area (Å²) in [5.74, 6) is 0.689. The monoisotopic (exact) mass is 286 g/mol. The maximum Gasteiger partial charge on any atom is 0.241 e. The first-order valence-electron chi connectivity index (χ1n) is 6.01.